The fourth-order valence-electron chi connectivity index (χ4n) is 4.14. The molecule has 0 saturated carbocycles. The molecule has 3 aromatic rings. The first-order valence-electron chi connectivity index (χ1n) is 13.2. The van der Waals surface area contributed by atoms with Crippen LogP contribution in [0.4, 0.5) is 14.5 Å². The number of nitrogens with zero attached hydrogens (tertiary/aromatic N) is 2. The van der Waals surface area contributed by atoms with Crippen molar-refractivity contribution in [1.82, 2.24) is 10.2 Å². The van der Waals surface area contributed by atoms with Crippen LogP contribution in [0, 0.1) is 17.6 Å². The monoisotopic (exact) mass is 587 g/mol. The zero-order valence-corrected chi connectivity index (χ0v) is 24.3. The number of anilines is 1. The summed E-state index contributed by atoms with van der Waals surface area (Å²) in [5, 5.41) is 2.84. The zero-order valence-electron chi connectivity index (χ0n) is 23.5. The number of carbonyl (C=O) groups is 2. The number of nitrogens with one attached hydrogen (secondary N) is 1. The number of halogens is 2. The van der Waals surface area contributed by atoms with Crippen LogP contribution in [-0.4, -0.2) is 51.4 Å². The van der Waals surface area contributed by atoms with Crippen molar-refractivity contribution in [2.75, 3.05) is 24.5 Å². The van der Waals surface area contributed by atoms with E-state index in [1.54, 1.807) is 6.92 Å². The highest BCUT2D eigenvalue weighted by Crippen LogP contribution is 2.26. The number of amides is 2. The van der Waals surface area contributed by atoms with Crippen molar-refractivity contribution in [3.63, 3.8) is 0 Å². The van der Waals surface area contributed by atoms with E-state index in [-0.39, 0.29) is 35.4 Å². The van der Waals surface area contributed by atoms with Gasteiger partial charge in [-0.2, -0.15) is 0 Å². The van der Waals surface area contributed by atoms with Crippen LogP contribution in [-0.2, 0) is 26.2 Å². The van der Waals surface area contributed by atoms with Crippen LogP contribution in [0.1, 0.15) is 32.8 Å². The lowest BCUT2D eigenvalue weighted by Crippen LogP contribution is -2.52. The van der Waals surface area contributed by atoms with Crippen LogP contribution in [0.3, 0.4) is 0 Å². The maximum absolute atomic E-state index is 14.0. The molecule has 41 heavy (non-hydrogen) atoms. The third-order valence-corrected chi connectivity index (χ3v) is 8.17. The maximum atomic E-state index is 14.0. The van der Waals surface area contributed by atoms with Crippen molar-refractivity contribution in [3.05, 3.63) is 90.0 Å². The van der Waals surface area contributed by atoms with Gasteiger partial charge < -0.3 is 15.0 Å². The Morgan fingerprint density at radius 1 is 0.902 bits per heavy atom. The van der Waals surface area contributed by atoms with Gasteiger partial charge in [-0.3, -0.25) is 13.9 Å². The third kappa shape index (κ3) is 8.26. The van der Waals surface area contributed by atoms with E-state index in [9.17, 15) is 26.8 Å². The number of sulfonamides is 1. The summed E-state index contributed by atoms with van der Waals surface area (Å²) in [7, 11) is -2.87. The largest absolute Gasteiger partial charge is 0.497 e. The minimum absolute atomic E-state index is 0.0629. The second-order valence-corrected chi connectivity index (χ2v) is 11.7. The third-order valence-electron chi connectivity index (χ3n) is 6.38. The minimum Gasteiger partial charge on any atom is -0.497 e. The zero-order chi connectivity index (χ0) is 30.2. The molecule has 11 heteroatoms. The van der Waals surface area contributed by atoms with Crippen molar-refractivity contribution < 1.29 is 31.5 Å². The van der Waals surface area contributed by atoms with Crippen molar-refractivity contribution >= 4 is 27.5 Å². The molecule has 0 bridgehead atoms. The number of methoxy groups -OCH3 is 1. The van der Waals surface area contributed by atoms with Gasteiger partial charge in [0, 0.05) is 13.1 Å². The number of benzene rings is 3. The number of rotatable bonds is 13. The molecule has 2 amide bonds. The van der Waals surface area contributed by atoms with E-state index in [2.05, 4.69) is 5.32 Å². The Kier molecular flexibility index (Phi) is 10.8. The summed E-state index contributed by atoms with van der Waals surface area (Å²) in [5.41, 5.74) is 0.621. The Hall–Kier alpha value is -3.99. The summed E-state index contributed by atoms with van der Waals surface area (Å²) in [6.45, 7) is 5.28. The quantitative estimate of drug-likeness (QED) is 0.312. The minimum atomic E-state index is -4.32. The molecule has 0 saturated heterocycles. The van der Waals surface area contributed by atoms with Gasteiger partial charge in [-0.05, 0) is 78.6 Å². The molecule has 0 radical (unpaired) electrons. The van der Waals surface area contributed by atoms with Crippen LogP contribution in [0.15, 0.2) is 77.7 Å². The van der Waals surface area contributed by atoms with Crippen molar-refractivity contribution in [3.8, 4) is 5.75 Å². The predicted octanol–water partition coefficient (Wildman–Crippen LogP) is 4.75. The smallest absolute Gasteiger partial charge is 0.264 e. The van der Waals surface area contributed by atoms with Crippen LogP contribution >= 0.6 is 0 Å². The van der Waals surface area contributed by atoms with Gasteiger partial charge in [-0.15, -0.1) is 0 Å². The van der Waals surface area contributed by atoms with Gasteiger partial charge in [-0.1, -0.05) is 32.9 Å². The molecule has 0 spiro atoms. The molecule has 1 unspecified atom stereocenters. The lowest BCUT2D eigenvalue weighted by molar-refractivity contribution is -0.140. The molecule has 0 heterocycles. The van der Waals surface area contributed by atoms with Crippen LogP contribution in [0.2, 0.25) is 0 Å². The summed E-state index contributed by atoms with van der Waals surface area (Å²) < 4.78 is 61.0. The molecule has 0 fully saturated rings. The molecular formula is C30H35F2N3O5S. The normalized spacial score (nSPS) is 12.1. The van der Waals surface area contributed by atoms with E-state index in [1.807, 2.05) is 13.8 Å². The van der Waals surface area contributed by atoms with Crippen LogP contribution in [0.5, 0.6) is 5.75 Å². The first kappa shape index (κ1) is 31.5. The van der Waals surface area contributed by atoms with Gasteiger partial charge in [0.2, 0.25) is 11.8 Å². The molecule has 0 aliphatic rings. The molecule has 1 N–H and O–H groups in total. The number of hydrogen-bond acceptors (Lipinski definition) is 5. The standard InChI is InChI=1S/C30H35F2N3O5S/c1-5-28(30(37)33-18-21(2)3)34(19-22-6-8-23(31)9-7-22)29(36)20-35(25-12-10-24(32)11-13-25)41(38,39)27-16-14-26(40-4)15-17-27/h6-17,21,28H,5,18-20H2,1-4H3,(H,33,37). The highest BCUT2D eigenvalue weighted by molar-refractivity contribution is 7.92. The van der Waals surface area contributed by atoms with E-state index in [4.69, 9.17) is 4.74 Å². The topological polar surface area (TPSA) is 96.0 Å². The van der Waals surface area contributed by atoms with Crippen molar-refractivity contribution in [2.45, 2.75) is 44.7 Å². The molecule has 0 aliphatic heterocycles. The lowest BCUT2D eigenvalue weighted by atomic mass is 10.1. The van der Waals surface area contributed by atoms with Gasteiger partial charge in [0.25, 0.3) is 10.0 Å². The average Bonchev–Trinajstić information content (AvgIpc) is 2.96. The van der Waals surface area contributed by atoms with Crippen molar-refractivity contribution in [1.29, 1.82) is 0 Å². The molecule has 3 aromatic carbocycles. The number of hydrogen-bond donors (Lipinski definition) is 1. The molecule has 3 rings (SSSR count). The van der Waals surface area contributed by atoms with E-state index in [0.717, 1.165) is 16.4 Å². The first-order valence-corrected chi connectivity index (χ1v) is 14.6. The van der Waals surface area contributed by atoms with Gasteiger partial charge in [0.15, 0.2) is 0 Å². The summed E-state index contributed by atoms with van der Waals surface area (Å²) in [6, 6.07) is 14.9. The second kappa shape index (κ2) is 14.1. The van der Waals surface area contributed by atoms with Gasteiger partial charge in [0.05, 0.1) is 17.7 Å². The van der Waals surface area contributed by atoms with E-state index in [0.29, 0.717) is 17.9 Å². The van der Waals surface area contributed by atoms with Gasteiger partial charge in [0.1, 0.15) is 30.0 Å². The molecule has 0 aromatic heterocycles. The lowest BCUT2D eigenvalue weighted by Gasteiger charge is -2.33. The Morgan fingerprint density at radius 3 is 1.98 bits per heavy atom. The Labute approximate surface area is 240 Å². The van der Waals surface area contributed by atoms with E-state index < -0.39 is 40.2 Å². The van der Waals surface area contributed by atoms with Gasteiger partial charge >= 0.3 is 0 Å². The summed E-state index contributed by atoms with van der Waals surface area (Å²) in [6.07, 6.45) is 0.249. The molecule has 220 valence electrons. The van der Waals surface area contributed by atoms with Gasteiger partial charge in [-0.25, -0.2) is 17.2 Å². The van der Waals surface area contributed by atoms with E-state index in [1.165, 1.54) is 72.7 Å². The maximum Gasteiger partial charge on any atom is 0.264 e. The number of ether oxygens (including phenoxy) is 1. The fraction of sp³-hybridized carbons (Fsp3) is 0.333. The number of carbonyl (C=O) groups excluding carboxylic acids is 2. The highest BCUT2D eigenvalue weighted by atomic mass is 32.2. The second-order valence-electron chi connectivity index (χ2n) is 9.87. The Balaban J connectivity index is 2.03. The Bertz CT molecular complexity index is 1410. The van der Waals surface area contributed by atoms with Crippen molar-refractivity contribution in [2.24, 2.45) is 5.92 Å². The molecule has 8 nitrogen and oxygen atoms in total. The summed E-state index contributed by atoms with van der Waals surface area (Å²) >= 11 is 0. The SMILES string of the molecule is CCC(C(=O)NCC(C)C)N(Cc1ccc(F)cc1)C(=O)CN(c1ccc(F)cc1)S(=O)(=O)c1ccc(OC)cc1. The average molecular weight is 588 g/mol. The van der Waals surface area contributed by atoms with Crippen LogP contribution < -0.4 is 14.4 Å². The molecule has 1 atom stereocenters. The van der Waals surface area contributed by atoms with E-state index >= 15 is 0 Å². The predicted molar refractivity (Wildman–Crippen MR) is 153 cm³/mol. The molecular weight excluding hydrogens is 552 g/mol. The Morgan fingerprint density at radius 2 is 1.46 bits per heavy atom. The highest BCUT2D eigenvalue weighted by Gasteiger charge is 2.33. The summed E-state index contributed by atoms with van der Waals surface area (Å²) in [4.78, 5) is 28.3. The van der Waals surface area contributed by atoms with Crippen LogP contribution in [0.25, 0.3) is 0 Å². The fourth-order valence-corrected chi connectivity index (χ4v) is 5.55. The molecule has 0 aliphatic carbocycles. The first-order chi connectivity index (χ1) is 19.5. The summed E-state index contributed by atoms with van der Waals surface area (Å²) in [5.74, 6) is -1.47.